The summed E-state index contributed by atoms with van der Waals surface area (Å²) in [6.07, 6.45) is 3.12. The third-order valence-corrected chi connectivity index (χ3v) is 5.12. The first kappa shape index (κ1) is 16.1. The van der Waals surface area contributed by atoms with E-state index < -0.39 is 0 Å². The predicted octanol–water partition coefficient (Wildman–Crippen LogP) is 2.55. The second-order valence-corrected chi connectivity index (χ2v) is 7.09. The largest absolute Gasteiger partial charge is 0.352 e. The van der Waals surface area contributed by atoms with Crippen LogP contribution in [0.2, 0.25) is 0 Å². The van der Waals surface area contributed by atoms with E-state index in [2.05, 4.69) is 39.4 Å². The maximum Gasteiger partial charge on any atom is 0.227 e. The number of piperazine rings is 1. The Bertz CT molecular complexity index is 729. The standard InChI is InChI=1S/C20H24N4O/c1-15-2-9-19(22-21-15)23-10-12-24(13-11-23)20(25)14-16-3-5-17(6-4-16)18-7-8-18/h2-6,9,18H,7-8,10-14H2,1H3. The van der Waals surface area contributed by atoms with Gasteiger partial charge in [-0.15, -0.1) is 5.10 Å². The summed E-state index contributed by atoms with van der Waals surface area (Å²) in [7, 11) is 0. The number of aryl methyl sites for hydroxylation is 1. The Labute approximate surface area is 148 Å². The fourth-order valence-corrected chi connectivity index (χ4v) is 3.36. The number of anilines is 1. The molecular formula is C20H24N4O. The number of aromatic nitrogens is 2. The molecule has 25 heavy (non-hydrogen) atoms. The van der Waals surface area contributed by atoms with Gasteiger partial charge in [-0.25, -0.2) is 0 Å². The number of benzene rings is 1. The van der Waals surface area contributed by atoms with Gasteiger partial charge in [0.15, 0.2) is 5.82 Å². The zero-order valence-electron chi connectivity index (χ0n) is 14.7. The molecule has 0 spiro atoms. The molecule has 0 bridgehead atoms. The lowest BCUT2D eigenvalue weighted by Crippen LogP contribution is -2.49. The molecule has 2 aromatic rings. The van der Waals surface area contributed by atoms with Crippen molar-refractivity contribution >= 4 is 11.7 Å². The van der Waals surface area contributed by atoms with Gasteiger partial charge >= 0.3 is 0 Å². The molecule has 4 rings (SSSR count). The number of hydrogen-bond donors (Lipinski definition) is 0. The Kier molecular flexibility index (Phi) is 4.38. The van der Waals surface area contributed by atoms with Crippen molar-refractivity contribution in [2.75, 3.05) is 31.1 Å². The van der Waals surface area contributed by atoms with Crippen molar-refractivity contribution in [1.82, 2.24) is 15.1 Å². The van der Waals surface area contributed by atoms with E-state index in [4.69, 9.17) is 0 Å². The van der Waals surface area contributed by atoms with Crippen molar-refractivity contribution in [3.63, 3.8) is 0 Å². The molecule has 1 aromatic carbocycles. The molecule has 2 fully saturated rings. The average Bonchev–Trinajstić information content (AvgIpc) is 3.48. The Balaban J connectivity index is 1.30. The van der Waals surface area contributed by atoms with Crippen LogP contribution in [0.5, 0.6) is 0 Å². The van der Waals surface area contributed by atoms with Crippen LogP contribution in [0.3, 0.4) is 0 Å². The minimum absolute atomic E-state index is 0.216. The molecule has 1 saturated heterocycles. The number of carbonyl (C=O) groups excluding carboxylic acids is 1. The van der Waals surface area contributed by atoms with E-state index in [9.17, 15) is 4.79 Å². The lowest BCUT2D eigenvalue weighted by Gasteiger charge is -2.35. The first-order valence-electron chi connectivity index (χ1n) is 9.11. The van der Waals surface area contributed by atoms with Crippen molar-refractivity contribution in [1.29, 1.82) is 0 Å². The SMILES string of the molecule is Cc1ccc(N2CCN(C(=O)Cc3ccc(C4CC4)cc3)CC2)nn1. The summed E-state index contributed by atoms with van der Waals surface area (Å²) in [6.45, 7) is 5.04. The van der Waals surface area contributed by atoms with Gasteiger partial charge in [0.2, 0.25) is 5.91 Å². The van der Waals surface area contributed by atoms with Crippen LogP contribution in [-0.4, -0.2) is 47.2 Å². The molecule has 0 atom stereocenters. The van der Waals surface area contributed by atoms with Crippen molar-refractivity contribution in [3.8, 4) is 0 Å². The molecule has 1 amide bonds. The number of hydrogen-bond acceptors (Lipinski definition) is 4. The zero-order chi connectivity index (χ0) is 17.2. The molecule has 130 valence electrons. The van der Waals surface area contributed by atoms with Gasteiger partial charge in [-0.1, -0.05) is 24.3 Å². The monoisotopic (exact) mass is 336 g/mol. The number of amides is 1. The summed E-state index contributed by atoms with van der Waals surface area (Å²) in [5.74, 6) is 1.88. The lowest BCUT2D eigenvalue weighted by atomic mass is 10.1. The second kappa shape index (κ2) is 6.82. The van der Waals surface area contributed by atoms with E-state index in [1.54, 1.807) is 0 Å². The zero-order valence-corrected chi connectivity index (χ0v) is 14.7. The van der Waals surface area contributed by atoms with Crippen molar-refractivity contribution < 1.29 is 4.79 Å². The second-order valence-electron chi connectivity index (χ2n) is 7.09. The van der Waals surface area contributed by atoms with Gasteiger partial charge in [-0.05, 0) is 48.9 Å². The average molecular weight is 336 g/mol. The maximum absolute atomic E-state index is 12.6. The summed E-state index contributed by atoms with van der Waals surface area (Å²) in [5.41, 5.74) is 3.45. The summed E-state index contributed by atoms with van der Waals surface area (Å²) >= 11 is 0. The molecule has 1 aliphatic heterocycles. The molecule has 5 nitrogen and oxygen atoms in total. The highest BCUT2D eigenvalue weighted by Gasteiger charge is 2.24. The third-order valence-electron chi connectivity index (χ3n) is 5.12. The van der Waals surface area contributed by atoms with Crippen molar-refractivity contribution in [3.05, 3.63) is 53.2 Å². The fourth-order valence-electron chi connectivity index (χ4n) is 3.36. The minimum Gasteiger partial charge on any atom is -0.352 e. The molecule has 2 aliphatic rings. The quantitative estimate of drug-likeness (QED) is 0.861. The maximum atomic E-state index is 12.6. The fraction of sp³-hybridized carbons (Fsp3) is 0.450. The Morgan fingerprint density at radius 2 is 1.72 bits per heavy atom. The molecule has 1 saturated carbocycles. The number of rotatable bonds is 4. The molecule has 5 heteroatoms. The van der Waals surface area contributed by atoms with Crippen LogP contribution in [-0.2, 0) is 11.2 Å². The van der Waals surface area contributed by atoms with Crippen LogP contribution in [0, 0.1) is 6.92 Å². The van der Waals surface area contributed by atoms with Gasteiger partial charge < -0.3 is 9.80 Å². The highest BCUT2D eigenvalue weighted by atomic mass is 16.2. The Morgan fingerprint density at radius 3 is 2.32 bits per heavy atom. The summed E-state index contributed by atoms with van der Waals surface area (Å²) < 4.78 is 0. The first-order chi connectivity index (χ1) is 12.2. The molecule has 1 aromatic heterocycles. The van der Waals surface area contributed by atoms with Gasteiger partial charge in [0.25, 0.3) is 0 Å². The highest BCUT2D eigenvalue weighted by Crippen LogP contribution is 2.39. The summed E-state index contributed by atoms with van der Waals surface area (Å²) in [4.78, 5) is 16.7. The van der Waals surface area contributed by atoms with Gasteiger partial charge in [0.1, 0.15) is 0 Å². The molecule has 1 aliphatic carbocycles. The van der Waals surface area contributed by atoms with Crippen molar-refractivity contribution in [2.45, 2.75) is 32.1 Å². The Hall–Kier alpha value is -2.43. The first-order valence-corrected chi connectivity index (χ1v) is 9.11. The van der Waals surface area contributed by atoms with Gasteiger partial charge in [0, 0.05) is 26.2 Å². The predicted molar refractivity (Wildman–Crippen MR) is 97.7 cm³/mol. The van der Waals surface area contributed by atoms with Gasteiger partial charge in [-0.2, -0.15) is 5.10 Å². The van der Waals surface area contributed by atoms with E-state index in [-0.39, 0.29) is 5.91 Å². The van der Waals surface area contributed by atoms with E-state index in [0.29, 0.717) is 6.42 Å². The molecule has 2 heterocycles. The van der Waals surface area contributed by atoms with Crippen LogP contribution >= 0.6 is 0 Å². The van der Waals surface area contributed by atoms with Crippen LogP contribution in [0.4, 0.5) is 5.82 Å². The van der Waals surface area contributed by atoms with Crippen LogP contribution in [0.1, 0.15) is 35.6 Å². The smallest absolute Gasteiger partial charge is 0.227 e. The van der Waals surface area contributed by atoms with E-state index >= 15 is 0 Å². The molecule has 0 N–H and O–H groups in total. The lowest BCUT2D eigenvalue weighted by molar-refractivity contribution is -0.130. The number of nitrogens with zero attached hydrogens (tertiary/aromatic N) is 4. The normalized spacial score (nSPS) is 17.6. The minimum atomic E-state index is 0.216. The van der Waals surface area contributed by atoms with Gasteiger partial charge in [-0.3, -0.25) is 4.79 Å². The van der Waals surface area contributed by atoms with Crippen LogP contribution < -0.4 is 4.90 Å². The van der Waals surface area contributed by atoms with E-state index in [1.165, 1.54) is 18.4 Å². The molecule has 0 unspecified atom stereocenters. The highest BCUT2D eigenvalue weighted by molar-refractivity contribution is 5.79. The summed E-state index contributed by atoms with van der Waals surface area (Å²) in [6, 6.07) is 12.6. The van der Waals surface area contributed by atoms with E-state index in [1.807, 2.05) is 24.0 Å². The van der Waals surface area contributed by atoms with Gasteiger partial charge in [0.05, 0.1) is 12.1 Å². The van der Waals surface area contributed by atoms with Crippen LogP contribution in [0.15, 0.2) is 36.4 Å². The van der Waals surface area contributed by atoms with Crippen LogP contribution in [0.25, 0.3) is 0 Å². The van der Waals surface area contributed by atoms with E-state index in [0.717, 1.165) is 49.2 Å². The summed E-state index contributed by atoms with van der Waals surface area (Å²) in [5, 5.41) is 8.36. The molecule has 0 radical (unpaired) electrons. The van der Waals surface area contributed by atoms with Crippen molar-refractivity contribution in [2.24, 2.45) is 0 Å². The Morgan fingerprint density at radius 1 is 1.00 bits per heavy atom. The third kappa shape index (κ3) is 3.81. The molecular weight excluding hydrogens is 312 g/mol. The number of carbonyl (C=O) groups is 1. The topological polar surface area (TPSA) is 49.3 Å².